The van der Waals surface area contributed by atoms with E-state index in [1.54, 1.807) is 6.92 Å². The minimum Gasteiger partial charge on any atom is -0.326 e. The molecule has 0 aliphatic heterocycles. The number of hydrogen-bond donors (Lipinski definition) is 1. The Balaban J connectivity index is 2.89. The van der Waals surface area contributed by atoms with E-state index in [1.807, 2.05) is 24.3 Å². The summed E-state index contributed by atoms with van der Waals surface area (Å²) in [5, 5.41) is 0. The van der Waals surface area contributed by atoms with E-state index < -0.39 is 0 Å². The monoisotopic (exact) mass is 163 g/mol. The lowest BCUT2D eigenvalue weighted by Gasteiger charge is -2.04. The summed E-state index contributed by atoms with van der Waals surface area (Å²) in [7, 11) is 0. The Labute approximate surface area is 72.4 Å². The summed E-state index contributed by atoms with van der Waals surface area (Å²) < 4.78 is 0. The Morgan fingerprint density at radius 3 is 2.42 bits per heavy atom. The molecule has 12 heavy (non-hydrogen) atoms. The second-order valence-corrected chi connectivity index (χ2v) is 2.85. The lowest BCUT2D eigenvalue weighted by atomic mass is 10.0. The Bertz CT molecular complexity index is 281. The minimum absolute atomic E-state index is 0.177. The number of carbonyl (C=O) groups is 1. The second-order valence-electron chi connectivity index (χ2n) is 2.85. The fraction of sp³-hybridized carbons (Fsp3) is 0.300. The van der Waals surface area contributed by atoms with Crippen LogP contribution in [-0.4, -0.2) is 5.78 Å². The quantitative estimate of drug-likeness (QED) is 0.729. The zero-order valence-electron chi connectivity index (χ0n) is 7.21. The topological polar surface area (TPSA) is 43.1 Å². The maximum atomic E-state index is 10.8. The molecule has 1 aromatic carbocycles. The maximum Gasteiger partial charge on any atom is 0.134 e. The van der Waals surface area contributed by atoms with Crippen molar-refractivity contribution in [1.29, 1.82) is 0 Å². The number of ketones is 1. The van der Waals surface area contributed by atoms with Gasteiger partial charge in [-0.3, -0.25) is 4.79 Å². The van der Waals surface area contributed by atoms with Crippen molar-refractivity contribution in [3.05, 3.63) is 35.4 Å². The van der Waals surface area contributed by atoms with Crippen molar-refractivity contribution >= 4 is 5.78 Å². The zero-order chi connectivity index (χ0) is 8.97. The molecule has 0 aliphatic carbocycles. The molecule has 0 atom stereocenters. The fourth-order valence-corrected chi connectivity index (χ4v) is 1.20. The van der Waals surface area contributed by atoms with E-state index in [4.69, 9.17) is 5.73 Å². The molecular formula is C10H13NO. The lowest BCUT2D eigenvalue weighted by Crippen LogP contribution is -2.04. The molecule has 2 heteroatoms. The number of nitrogens with two attached hydrogens (primary N) is 1. The van der Waals surface area contributed by atoms with E-state index >= 15 is 0 Å². The van der Waals surface area contributed by atoms with Gasteiger partial charge in [0.2, 0.25) is 0 Å². The fourth-order valence-electron chi connectivity index (χ4n) is 1.20. The average molecular weight is 163 g/mol. The van der Waals surface area contributed by atoms with Crippen LogP contribution in [0.1, 0.15) is 18.1 Å². The Morgan fingerprint density at radius 1 is 1.33 bits per heavy atom. The molecule has 0 aliphatic rings. The van der Waals surface area contributed by atoms with Crippen molar-refractivity contribution in [2.45, 2.75) is 19.9 Å². The van der Waals surface area contributed by atoms with Crippen LogP contribution in [-0.2, 0) is 17.8 Å². The van der Waals surface area contributed by atoms with Gasteiger partial charge in [-0.1, -0.05) is 24.3 Å². The summed E-state index contributed by atoms with van der Waals surface area (Å²) in [6.07, 6.45) is 0.493. The van der Waals surface area contributed by atoms with Crippen LogP contribution in [0.25, 0.3) is 0 Å². The maximum absolute atomic E-state index is 10.8. The van der Waals surface area contributed by atoms with Gasteiger partial charge in [-0.15, -0.1) is 0 Å². The van der Waals surface area contributed by atoms with Gasteiger partial charge in [0.15, 0.2) is 0 Å². The van der Waals surface area contributed by atoms with Crippen molar-refractivity contribution in [2.75, 3.05) is 0 Å². The highest BCUT2D eigenvalue weighted by Gasteiger charge is 2.01. The second kappa shape index (κ2) is 4.02. The molecule has 2 N–H and O–H groups in total. The third-order valence-electron chi connectivity index (χ3n) is 1.78. The molecular weight excluding hydrogens is 150 g/mol. The molecule has 0 fully saturated rings. The summed E-state index contributed by atoms with van der Waals surface area (Å²) in [4.78, 5) is 10.8. The van der Waals surface area contributed by atoms with Crippen LogP contribution < -0.4 is 5.73 Å². The summed E-state index contributed by atoms with van der Waals surface area (Å²) >= 11 is 0. The number of rotatable bonds is 3. The molecule has 0 aromatic heterocycles. The number of Topliss-reactive ketones (excluding diaryl/α,β-unsaturated/α-hetero) is 1. The van der Waals surface area contributed by atoms with Gasteiger partial charge >= 0.3 is 0 Å². The van der Waals surface area contributed by atoms with Crippen molar-refractivity contribution in [1.82, 2.24) is 0 Å². The van der Waals surface area contributed by atoms with Crippen LogP contribution in [0, 0.1) is 0 Å². The third-order valence-corrected chi connectivity index (χ3v) is 1.78. The molecule has 0 bridgehead atoms. The van der Waals surface area contributed by atoms with Crippen LogP contribution in [0.4, 0.5) is 0 Å². The van der Waals surface area contributed by atoms with Crippen LogP contribution in [0.5, 0.6) is 0 Å². The highest BCUT2D eigenvalue weighted by molar-refractivity contribution is 5.78. The van der Waals surface area contributed by atoms with E-state index in [-0.39, 0.29) is 5.78 Å². The first-order chi connectivity index (χ1) is 5.74. The molecule has 0 unspecified atom stereocenters. The predicted molar refractivity (Wildman–Crippen MR) is 48.7 cm³/mol. The Kier molecular flexibility index (Phi) is 3.00. The first kappa shape index (κ1) is 8.94. The Morgan fingerprint density at radius 2 is 1.92 bits per heavy atom. The van der Waals surface area contributed by atoms with Crippen LogP contribution >= 0.6 is 0 Å². The largest absolute Gasteiger partial charge is 0.326 e. The van der Waals surface area contributed by atoms with Gasteiger partial charge in [0, 0.05) is 13.0 Å². The van der Waals surface area contributed by atoms with Gasteiger partial charge in [-0.05, 0) is 18.1 Å². The number of hydrogen-bond acceptors (Lipinski definition) is 2. The van der Waals surface area contributed by atoms with Crippen molar-refractivity contribution < 1.29 is 4.79 Å². The van der Waals surface area contributed by atoms with Crippen molar-refractivity contribution in [3.8, 4) is 0 Å². The molecule has 0 spiro atoms. The zero-order valence-corrected chi connectivity index (χ0v) is 7.21. The molecule has 0 saturated carbocycles. The van der Waals surface area contributed by atoms with Crippen LogP contribution in [0.3, 0.4) is 0 Å². The third kappa shape index (κ3) is 2.17. The van der Waals surface area contributed by atoms with Gasteiger partial charge in [0.1, 0.15) is 5.78 Å². The highest BCUT2D eigenvalue weighted by Crippen LogP contribution is 2.08. The molecule has 0 radical (unpaired) electrons. The number of benzene rings is 1. The van der Waals surface area contributed by atoms with Crippen LogP contribution in [0.2, 0.25) is 0 Å². The molecule has 1 aromatic rings. The van der Waals surface area contributed by atoms with Gasteiger partial charge in [-0.2, -0.15) is 0 Å². The number of carbonyl (C=O) groups excluding carboxylic acids is 1. The van der Waals surface area contributed by atoms with Gasteiger partial charge in [0.05, 0.1) is 0 Å². The molecule has 0 heterocycles. The Hall–Kier alpha value is -1.15. The average Bonchev–Trinajstić information content (AvgIpc) is 2.04. The smallest absolute Gasteiger partial charge is 0.134 e. The summed E-state index contributed by atoms with van der Waals surface area (Å²) in [6, 6.07) is 7.77. The minimum atomic E-state index is 0.177. The predicted octanol–water partition coefficient (Wildman–Crippen LogP) is 1.28. The van der Waals surface area contributed by atoms with Crippen molar-refractivity contribution in [2.24, 2.45) is 5.73 Å². The van der Waals surface area contributed by atoms with Gasteiger partial charge < -0.3 is 5.73 Å². The van der Waals surface area contributed by atoms with Gasteiger partial charge in [-0.25, -0.2) is 0 Å². The van der Waals surface area contributed by atoms with E-state index in [0.29, 0.717) is 13.0 Å². The van der Waals surface area contributed by atoms with Crippen LogP contribution in [0.15, 0.2) is 24.3 Å². The van der Waals surface area contributed by atoms with Crippen molar-refractivity contribution in [3.63, 3.8) is 0 Å². The molecule has 0 saturated heterocycles. The summed E-state index contributed by atoms with van der Waals surface area (Å²) in [5.41, 5.74) is 7.63. The molecule has 1 rings (SSSR count). The molecule has 0 amide bonds. The molecule has 2 nitrogen and oxygen atoms in total. The summed E-state index contributed by atoms with van der Waals surface area (Å²) in [6.45, 7) is 2.09. The van der Waals surface area contributed by atoms with Gasteiger partial charge in [0.25, 0.3) is 0 Å². The van der Waals surface area contributed by atoms with E-state index in [9.17, 15) is 4.79 Å². The van der Waals surface area contributed by atoms with E-state index in [1.165, 1.54) is 0 Å². The normalized spacial score (nSPS) is 9.83. The first-order valence-electron chi connectivity index (χ1n) is 4.00. The SMILES string of the molecule is CC(=O)Cc1ccccc1CN. The van der Waals surface area contributed by atoms with E-state index in [2.05, 4.69) is 0 Å². The molecule has 64 valence electrons. The standard InChI is InChI=1S/C10H13NO/c1-8(12)6-9-4-2-3-5-10(9)7-11/h2-5H,6-7,11H2,1H3. The first-order valence-corrected chi connectivity index (χ1v) is 4.00. The van der Waals surface area contributed by atoms with E-state index in [0.717, 1.165) is 11.1 Å². The highest BCUT2D eigenvalue weighted by atomic mass is 16.1. The lowest BCUT2D eigenvalue weighted by molar-refractivity contribution is -0.116. The summed E-state index contributed by atoms with van der Waals surface area (Å²) in [5.74, 6) is 0.177.